The Bertz CT molecular complexity index is 425. The molecule has 1 aliphatic carbocycles. The Morgan fingerprint density at radius 3 is 2.60 bits per heavy atom. The van der Waals surface area contributed by atoms with E-state index in [4.69, 9.17) is 15.2 Å². The molecule has 0 spiro atoms. The molecule has 20 heavy (non-hydrogen) atoms. The van der Waals surface area contributed by atoms with Crippen LogP contribution in [0.3, 0.4) is 0 Å². The van der Waals surface area contributed by atoms with Crippen molar-refractivity contribution >= 4 is 0 Å². The Hall–Kier alpha value is -1.06. The van der Waals surface area contributed by atoms with Crippen LogP contribution in [0.2, 0.25) is 0 Å². The lowest BCUT2D eigenvalue weighted by atomic mass is 9.74. The summed E-state index contributed by atoms with van der Waals surface area (Å²) in [6.07, 6.45) is 5.38. The van der Waals surface area contributed by atoms with Crippen molar-refractivity contribution in [1.82, 2.24) is 0 Å². The number of rotatable bonds is 5. The van der Waals surface area contributed by atoms with Gasteiger partial charge < -0.3 is 15.2 Å². The van der Waals surface area contributed by atoms with Gasteiger partial charge >= 0.3 is 0 Å². The molecular formula is C17H27NO2. The first kappa shape index (κ1) is 15.3. The van der Waals surface area contributed by atoms with Crippen LogP contribution >= 0.6 is 0 Å². The highest BCUT2D eigenvalue weighted by molar-refractivity contribution is 5.29. The van der Waals surface area contributed by atoms with E-state index < -0.39 is 0 Å². The van der Waals surface area contributed by atoms with Gasteiger partial charge in [0.1, 0.15) is 5.75 Å². The van der Waals surface area contributed by atoms with E-state index >= 15 is 0 Å². The summed E-state index contributed by atoms with van der Waals surface area (Å²) in [7, 11) is 3.50. The van der Waals surface area contributed by atoms with E-state index in [-0.39, 0.29) is 11.6 Å². The number of methoxy groups -OCH3 is 2. The second kappa shape index (κ2) is 6.59. The predicted molar refractivity (Wildman–Crippen MR) is 82.0 cm³/mol. The zero-order chi connectivity index (χ0) is 14.6. The van der Waals surface area contributed by atoms with Gasteiger partial charge in [-0.2, -0.15) is 0 Å². The summed E-state index contributed by atoms with van der Waals surface area (Å²) in [6, 6.07) is 8.19. The minimum absolute atomic E-state index is 0.0344. The quantitative estimate of drug-likeness (QED) is 0.899. The number of nitrogens with two attached hydrogens (primary N) is 1. The SMILES string of the molecule is COc1cccc(CC(N)C2(OC)CCC(C)CC2)c1. The van der Waals surface area contributed by atoms with E-state index in [2.05, 4.69) is 19.1 Å². The van der Waals surface area contributed by atoms with Crippen molar-refractivity contribution in [2.45, 2.75) is 50.7 Å². The Balaban J connectivity index is 2.07. The average Bonchev–Trinajstić information content (AvgIpc) is 2.48. The fourth-order valence-electron chi connectivity index (χ4n) is 3.22. The molecule has 0 bridgehead atoms. The molecule has 0 aromatic heterocycles. The van der Waals surface area contributed by atoms with Crippen LogP contribution in [0.5, 0.6) is 5.75 Å². The normalized spacial score (nSPS) is 28.1. The summed E-state index contributed by atoms with van der Waals surface area (Å²) in [5.74, 6) is 1.68. The van der Waals surface area contributed by atoms with Crippen molar-refractivity contribution in [3.8, 4) is 5.75 Å². The fourth-order valence-corrected chi connectivity index (χ4v) is 3.22. The van der Waals surface area contributed by atoms with Crippen LogP contribution in [-0.4, -0.2) is 25.9 Å². The van der Waals surface area contributed by atoms with Gasteiger partial charge in [-0.15, -0.1) is 0 Å². The first-order valence-corrected chi connectivity index (χ1v) is 7.53. The lowest BCUT2D eigenvalue weighted by Crippen LogP contribution is -2.52. The third kappa shape index (κ3) is 3.33. The van der Waals surface area contributed by atoms with Gasteiger partial charge in [0.2, 0.25) is 0 Å². The summed E-state index contributed by atoms with van der Waals surface area (Å²) >= 11 is 0. The first-order valence-electron chi connectivity index (χ1n) is 7.53. The highest BCUT2D eigenvalue weighted by Crippen LogP contribution is 2.37. The largest absolute Gasteiger partial charge is 0.497 e. The molecule has 1 atom stereocenters. The standard InChI is InChI=1S/C17H27NO2/c1-13-7-9-17(20-3,10-8-13)16(18)12-14-5-4-6-15(11-14)19-2/h4-6,11,13,16H,7-10,12,18H2,1-3H3. The number of ether oxygens (including phenoxy) is 2. The lowest BCUT2D eigenvalue weighted by molar-refractivity contribution is -0.0659. The maximum atomic E-state index is 6.50. The summed E-state index contributed by atoms with van der Waals surface area (Å²) in [5, 5.41) is 0. The van der Waals surface area contributed by atoms with Crippen molar-refractivity contribution in [2.24, 2.45) is 11.7 Å². The molecule has 0 heterocycles. The topological polar surface area (TPSA) is 44.5 Å². The van der Waals surface area contributed by atoms with E-state index in [9.17, 15) is 0 Å². The Morgan fingerprint density at radius 2 is 2.00 bits per heavy atom. The zero-order valence-electron chi connectivity index (χ0n) is 12.9. The van der Waals surface area contributed by atoms with Crippen molar-refractivity contribution in [3.05, 3.63) is 29.8 Å². The Morgan fingerprint density at radius 1 is 1.30 bits per heavy atom. The molecule has 2 N–H and O–H groups in total. The van der Waals surface area contributed by atoms with E-state index in [0.29, 0.717) is 0 Å². The van der Waals surface area contributed by atoms with E-state index in [1.165, 1.54) is 18.4 Å². The molecule has 0 aliphatic heterocycles. The van der Waals surface area contributed by atoms with Gasteiger partial charge in [-0.05, 0) is 55.7 Å². The predicted octanol–water partition coefficient (Wildman–Crippen LogP) is 3.16. The van der Waals surface area contributed by atoms with Gasteiger partial charge in [0, 0.05) is 13.2 Å². The molecule has 1 saturated carbocycles. The van der Waals surface area contributed by atoms with Crippen molar-refractivity contribution in [2.75, 3.05) is 14.2 Å². The van der Waals surface area contributed by atoms with Crippen LogP contribution in [0.1, 0.15) is 38.2 Å². The maximum Gasteiger partial charge on any atom is 0.119 e. The van der Waals surface area contributed by atoms with Crippen LogP contribution in [0, 0.1) is 5.92 Å². The molecule has 1 aromatic rings. The van der Waals surface area contributed by atoms with Gasteiger partial charge in [0.25, 0.3) is 0 Å². The van der Waals surface area contributed by atoms with Gasteiger partial charge in [0.15, 0.2) is 0 Å². The molecule has 1 fully saturated rings. The summed E-state index contributed by atoms with van der Waals surface area (Å²) in [6.45, 7) is 2.31. The van der Waals surface area contributed by atoms with Gasteiger partial charge in [-0.25, -0.2) is 0 Å². The molecule has 3 heteroatoms. The zero-order valence-corrected chi connectivity index (χ0v) is 12.9. The minimum atomic E-state index is -0.157. The van der Waals surface area contributed by atoms with Gasteiger partial charge in [-0.3, -0.25) is 0 Å². The summed E-state index contributed by atoms with van der Waals surface area (Å²) in [4.78, 5) is 0. The van der Waals surface area contributed by atoms with Crippen LogP contribution < -0.4 is 10.5 Å². The Kier molecular flexibility index (Phi) is 5.06. The molecule has 112 valence electrons. The first-order chi connectivity index (χ1) is 9.59. The van der Waals surface area contributed by atoms with Crippen LogP contribution in [0.25, 0.3) is 0 Å². The van der Waals surface area contributed by atoms with E-state index in [1.54, 1.807) is 14.2 Å². The molecule has 1 aliphatic rings. The number of benzene rings is 1. The van der Waals surface area contributed by atoms with Crippen LogP contribution in [-0.2, 0) is 11.2 Å². The maximum absolute atomic E-state index is 6.50. The smallest absolute Gasteiger partial charge is 0.119 e. The molecule has 0 saturated heterocycles. The molecule has 1 unspecified atom stereocenters. The van der Waals surface area contributed by atoms with Crippen LogP contribution in [0.4, 0.5) is 0 Å². The highest BCUT2D eigenvalue weighted by Gasteiger charge is 2.39. The number of hydrogen-bond acceptors (Lipinski definition) is 3. The van der Waals surface area contributed by atoms with Crippen molar-refractivity contribution in [3.63, 3.8) is 0 Å². The fraction of sp³-hybridized carbons (Fsp3) is 0.647. The molecule has 1 aromatic carbocycles. The van der Waals surface area contributed by atoms with Crippen molar-refractivity contribution < 1.29 is 9.47 Å². The third-order valence-electron chi connectivity index (χ3n) is 4.79. The monoisotopic (exact) mass is 277 g/mol. The molecular weight excluding hydrogens is 250 g/mol. The molecule has 0 amide bonds. The van der Waals surface area contributed by atoms with E-state index in [0.717, 1.165) is 30.9 Å². The summed E-state index contributed by atoms with van der Waals surface area (Å²) < 4.78 is 11.1. The van der Waals surface area contributed by atoms with Gasteiger partial charge in [0.05, 0.1) is 12.7 Å². The van der Waals surface area contributed by atoms with Gasteiger partial charge in [-0.1, -0.05) is 19.1 Å². The van der Waals surface area contributed by atoms with Crippen LogP contribution in [0.15, 0.2) is 24.3 Å². The average molecular weight is 277 g/mol. The second-order valence-electron chi connectivity index (χ2n) is 6.11. The van der Waals surface area contributed by atoms with E-state index in [1.807, 2.05) is 12.1 Å². The third-order valence-corrected chi connectivity index (χ3v) is 4.79. The lowest BCUT2D eigenvalue weighted by Gasteiger charge is -2.42. The highest BCUT2D eigenvalue weighted by atomic mass is 16.5. The summed E-state index contributed by atoms with van der Waals surface area (Å²) in [5.41, 5.74) is 7.55. The molecule has 3 nitrogen and oxygen atoms in total. The molecule has 2 rings (SSSR count). The Labute approximate surface area is 122 Å². The van der Waals surface area contributed by atoms with Crippen molar-refractivity contribution in [1.29, 1.82) is 0 Å². The minimum Gasteiger partial charge on any atom is -0.497 e. The second-order valence-corrected chi connectivity index (χ2v) is 6.11. The number of hydrogen-bond donors (Lipinski definition) is 1. The molecule has 0 radical (unpaired) electrons.